The Hall–Kier alpha value is -0.830. The minimum Gasteiger partial charge on any atom is -0.332 e. The van der Waals surface area contributed by atoms with Crippen LogP contribution in [-0.2, 0) is 25.9 Å². The maximum atomic E-state index is 4.84. The van der Waals surface area contributed by atoms with Crippen LogP contribution in [0.15, 0.2) is 0 Å². The van der Waals surface area contributed by atoms with Gasteiger partial charge in [0.1, 0.15) is 5.82 Å². The van der Waals surface area contributed by atoms with Crippen molar-refractivity contribution in [2.45, 2.75) is 71.9 Å². The molecule has 1 aromatic heterocycles. The van der Waals surface area contributed by atoms with Crippen molar-refractivity contribution in [2.75, 3.05) is 6.54 Å². The van der Waals surface area contributed by atoms with Crippen LogP contribution in [0.1, 0.15) is 63.2 Å². The van der Waals surface area contributed by atoms with E-state index >= 15 is 0 Å². The number of rotatable bonds is 7. The minimum atomic E-state index is 0.966. The number of hydrogen-bond acceptors (Lipinski definition) is 2. The highest BCUT2D eigenvalue weighted by Gasteiger charge is 2.18. The number of aryl methyl sites for hydroxylation is 1. The minimum absolute atomic E-state index is 0.966. The molecule has 0 atom stereocenters. The van der Waals surface area contributed by atoms with E-state index in [0.29, 0.717) is 0 Å². The van der Waals surface area contributed by atoms with Gasteiger partial charge in [-0.15, -0.1) is 0 Å². The summed E-state index contributed by atoms with van der Waals surface area (Å²) in [4.78, 5) is 4.84. The van der Waals surface area contributed by atoms with E-state index in [9.17, 15) is 0 Å². The Morgan fingerprint density at radius 3 is 2.83 bits per heavy atom. The highest BCUT2D eigenvalue weighted by molar-refractivity contribution is 5.20. The van der Waals surface area contributed by atoms with Crippen LogP contribution < -0.4 is 5.32 Å². The van der Waals surface area contributed by atoms with Crippen LogP contribution in [0.3, 0.4) is 0 Å². The molecule has 0 amide bonds. The normalized spacial score (nSPS) is 14.8. The summed E-state index contributed by atoms with van der Waals surface area (Å²) in [7, 11) is 0. The summed E-state index contributed by atoms with van der Waals surface area (Å²) < 4.78 is 2.52. The monoisotopic (exact) mass is 249 g/mol. The third-order valence-corrected chi connectivity index (χ3v) is 3.77. The number of nitrogens with zero attached hydrogens (tertiary/aromatic N) is 2. The summed E-state index contributed by atoms with van der Waals surface area (Å²) in [5, 5.41) is 3.42. The number of unbranched alkanes of at least 4 members (excludes halogenated alkanes) is 3. The Bertz CT molecular complexity index is 368. The summed E-state index contributed by atoms with van der Waals surface area (Å²) in [5.74, 6) is 1.32. The van der Waals surface area contributed by atoms with Gasteiger partial charge in [0.25, 0.3) is 0 Å². The Labute approximate surface area is 111 Å². The Kier molecular flexibility index (Phi) is 5.24. The average Bonchev–Trinajstić information content (AvgIpc) is 2.73. The van der Waals surface area contributed by atoms with E-state index in [1.807, 2.05) is 0 Å². The van der Waals surface area contributed by atoms with E-state index < -0.39 is 0 Å². The SMILES string of the molecule is CCCCCCn1c(CCC)nc2c1CCNC2. The summed E-state index contributed by atoms with van der Waals surface area (Å²) in [6, 6.07) is 0. The molecule has 1 aliphatic heterocycles. The second-order valence-corrected chi connectivity index (χ2v) is 5.31. The molecule has 0 fully saturated rings. The molecule has 1 aromatic rings. The molecule has 0 unspecified atom stereocenters. The van der Waals surface area contributed by atoms with Crippen LogP contribution in [0.25, 0.3) is 0 Å². The van der Waals surface area contributed by atoms with Crippen molar-refractivity contribution in [1.29, 1.82) is 0 Å². The largest absolute Gasteiger partial charge is 0.332 e. The maximum absolute atomic E-state index is 4.84. The van der Waals surface area contributed by atoms with Crippen molar-refractivity contribution in [3.8, 4) is 0 Å². The quantitative estimate of drug-likeness (QED) is 0.753. The van der Waals surface area contributed by atoms with Gasteiger partial charge in [-0.1, -0.05) is 33.1 Å². The fourth-order valence-corrected chi connectivity index (χ4v) is 2.80. The topological polar surface area (TPSA) is 29.9 Å². The van der Waals surface area contributed by atoms with Crippen molar-refractivity contribution in [2.24, 2.45) is 0 Å². The zero-order valence-electron chi connectivity index (χ0n) is 12.0. The van der Waals surface area contributed by atoms with E-state index in [1.54, 1.807) is 0 Å². The third kappa shape index (κ3) is 3.14. The van der Waals surface area contributed by atoms with E-state index in [-0.39, 0.29) is 0 Å². The molecule has 3 nitrogen and oxygen atoms in total. The smallest absolute Gasteiger partial charge is 0.109 e. The number of nitrogens with one attached hydrogen (secondary N) is 1. The second kappa shape index (κ2) is 6.93. The van der Waals surface area contributed by atoms with Crippen molar-refractivity contribution in [1.82, 2.24) is 14.9 Å². The third-order valence-electron chi connectivity index (χ3n) is 3.77. The van der Waals surface area contributed by atoms with E-state index in [2.05, 4.69) is 23.7 Å². The van der Waals surface area contributed by atoms with Crippen LogP contribution in [0, 0.1) is 0 Å². The summed E-state index contributed by atoms with van der Waals surface area (Å²) >= 11 is 0. The molecule has 102 valence electrons. The summed E-state index contributed by atoms with van der Waals surface area (Å²) in [5.41, 5.74) is 2.81. The average molecular weight is 249 g/mol. The van der Waals surface area contributed by atoms with Gasteiger partial charge in [0, 0.05) is 38.2 Å². The van der Waals surface area contributed by atoms with Crippen molar-refractivity contribution >= 4 is 0 Å². The van der Waals surface area contributed by atoms with Crippen molar-refractivity contribution in [3.05, 3.63) is 17.2 Å². The maximum Gasteiger partial charge on any atom is 0.109 e. The van der Waals surface area contributed by atoms with E-state index in [1.165, 1.54) is 55.9 Å². The molecule has 0 bridgehead atoms. The molecule has 0 saturated carbocycles. The molecule has 0 aliphatic carbocycles. The molecule has 2 heterocycles. The van der Waals surface area contributed by atoms with Gasteiger partial charge in [-0.3, -0.25) is 0 Å². The molecule has 0 radical (unpaired) electrons. The van der Waals surface area contributed by atoms with Crippen molar-refractivity contribution < 1.29 is 0 Å². The predicted molar refractivity (Wildman–Crippen MR) is 75.8 cm³/mol. The van der Waals surface area contributed by atoms with Gasteiger partial charge in [-0.25, -0.2) is 4.98 Å². The van der Waals surface area contributed by atoms with Gasteiger partial charge in [-0.2, -0.15) is 0 Å². The molecule has 1 aliphatic rings. The van der Waals surface area contributed by atoms with Crippen LogP contribution in [0.5, 0.6) is 0 Å². The lowest BCUT2D eigenvalue weighted by Gasteiger charge is -2.16. The fourth-order valence-electron chi connectivity index (χ4n) is 2.80. The molecule has 0 aromatic carbocycles. The van der Waals surface area contributed by atoms with Crippen LogP contribution in [0.2, 0.25) is 0 Å². The summed E-state index contributed by atoms with van der Waals surface area (Å²) in [6.07, 6.45) is 8.81. The Morgan fingerprint density at radius 2 is 2.06 bits per heavy atom. The van der Waals surface area contributed by atoms with Gasteiger partial charge >= 0.3 is 0 Å². The molecular formula is C15H27N3. The molecule has 0 spiro atoms. The zero-order chi connectivity index (χ0) is 12.8. The van der Waals surface area contributed by atoms with E-state index in [0.717, 1.165) is 25.9 Å². The van der Waals surface area contributed by atoms with E-state index in [4.69, 9.17) is 4.98 Å². The van der Waals surface area contributed by atoms with Gasteiger partial charge in [0.05, 0.1) is 5.69 Å². The Morgan fingerprint density at radius 1 is 1.17 bits per heavy atom. The first-order valence-electron chi connectivity index (χ1n) is 7.64. The van der Waals surface area contributed by atoms with Crippen molar-refractivity contribution in [3.63, 3.8) is 0 Å². The molecule has 1 N–H and O–H groups in total. The molecule has 18 heavy (non-hydrogen) atoms. The zero-order valence-corrected chi connectivity index (χ0v) is 12.0. The second-order valence-electron chi connectivity index (χ2n) is 5.31. The first kappa shape index (κ1) is 13.6. The fraction of sp³-hybridized carbons (Fsp3) is 0.800. The van der Waals surface area contributed by atoms with Gasteiger partial charge in [-0.05, 0) is 12.8 Å². The predicted octanol–water partition coefficient (Wildman–Crippen LogP) is 3.06. The standard InChI is InChI=1S/C15H27N3/c1-3-5-6-7-11-18-14-9-10-16-12-13(14)17-15(18)8-4-2/h16H,3-12H2,1-2H3. The molecule has 2 rings (SSSR count). The lowest BCUT2D eigenvalue weighted by Crippen LogP contribution is -2.25. The Balaban J connectivity index is 2.06. The van der Waals surface area contributed by atoms with Crippen LogP contribution in [0.4, 0.5) is 0 Å². The lowest BCUT2D eigenvalue weighted by atomic mass is 10.1. The number of hydrogen-bond donors (Lipinski definition) is 1. The first-order chi connectivity index (χ1) is 8.86. The van der Waals surface area contributed by atoms with Gasteiger partial charge in [0.2, 0.25) is 0 Å². The highest BCUT2D eigenvalue weighted by Crippen LogP contribution is 2.18. The lowest BCUT2D eigenvalue weighted by molar-refractivity contribution is 0.533. The molecular weight excluding hydrogens is 222 g/mol. The molecule has 0 saturated heterocycles. The number of aromatic nitrogens is 2. The summed E-state index contributed by atoms with van der Waals surface area (Å²) in [6.45, 7) is 7.77. The van der Waals surface area contributed by atoms with Crippen LogP contribution in [-0.4, -0.2) is 16.1 Å². The number of imidazole rings is 1. The van der Waals surface area contributed by atoms with Gasteiger partial charge < -0.3 is 9.88 Å². The van der Waals surface area contributed by atoms with Crippen LogP contribution >= 0.6 is 0 Å². The first-order valence-corrected chi connectivity index (χ1v) is 7.64. The van der Waals surface area contributed by atoms with Gasteiger partial charge in [0.15, 0.2) is 0 Å². The number of fused-ring (bicyclic) bond motifs is 1. The molecule has 3 heteroatoms. The highest BCUT2D eigenvalue weighted by atomic mass is 15.1.